The van der Waals surface area contributed by atoms with E-state index in [0.717, 1.165) is 18.0 Å². The fourth-order valence-electron chi connectivity index (χ4n) is 2.18. The molecule has 116 valence electrons. The predicted octanol–water partition coefficient (Wildman–Crippen LogP) is 4.33. The van der Waals surface area contributed by atoms with Gasteiger partial charge in [-0.15, -0.1) is 0 Å². The number of allylic oxidation sites excluding steroid dienone is 2. The van der Waals surface area contributed by atoms with Crippen LogP contribution in [0.4, 0.5) is 5.69 Å². The molecular formula is C18H16N2O2S. The van der Waals surface area contributed by atoms with E-state index in [0.29, 0.717) is 10.1 Å². The van der Waals surface area contributed by atoms with E-state index in [4.69, 9.17) is 4.42 Å². The molecule has 0 atom stereocenters. The quantitative estimate of drug-likeness (QED) is 0.785. The molecule has 0 saturated heterocycles. The lowest BCUT2D eigenvalue weighted by Gasteiger charge is -2.21. The Morgan fingerprint density at radius 1 is 1.22 bits per heavy atom. The number of aliphatic imine (C=N–C) groups is 1. The monoisotopic (exact) mass is 324 g/mol. The first-order chi connectivity index (χ1) is 11.3. The highest BCUT2D eigenvalue weighted by Crippen LogP contribution is 2.30. The van der Waals surface area contributed by atoms with Crippen LogP contribution in [-0.4, -0.2) is 17.6 Å². The second kappa shape index (κ2) is 7.15. The van der Waals surface area contributed by atoms with Crippen LogP contribution in [0, 0.1) is 0 Å². The molecule has 1 aromatic heterocycles. The lowest BCUT2D eigenvalue weighted by atomic mass is 10.3. The van der Waals surface area contributed by atoms with E-state index in [2.05, 4.69) is 4.99 Å². The van der Waals surface area contributed by atoms with E-state index in [-0.39, 0.29) is 5.91 Å². The highest BCUT2D eigenvalue weighted by molar-refractivity contribution is 8.18. The number of hydrogen-bond acceptors (Lipinski definition) is 4. The number of rotatable bonds is 4. The Kier molecular flexibility index (Phi) is 4.78. The second-order valence-electron chi connectivity index (χ2n) is 4.79. The first-order valence-corrected chi connectivity index (χ1v) is 8.15. The molecule has 5 heteroatoms. The normalized spacial score (nSPS) is 16.3. The molecule has 0 spiro atoms. The zero-order valence-electron chi connectivity index (χ0n) is 12.7. The summed E-state index contributed by atoms with van der Waals surface area (Å²) in [7, 11) is 0. The van der Waals surface area contributed by atoms with Crippen LogP contribution in [0.25, 0.3) is 6.08 Å². The number of carbonyl (C=O) groups excluding carboxylic acids is 1. The zero-order chi connectivity index (χ0) is 16.1. The summed E-state index contributed by atoms with van der Waals surface area (Å²) in [5.41, 5.74) is 1.03. The number of thioether (sulfide) groups is 1. The number of amides is 1. The molecule has 0 bridgehead atoms. The van der Waals surface area contributed by atoms with Gasteiger partial charge in [-0.05, 0) is 55.1 Å². The predicted molar refractivity (Wildman–Crippen MR) is 95.3 cm³/mol. The van der Waals surface area contributed by atoms with Crippen molar-refractivity contribution < 1.29 is 9.21 Å². The van der Waals surface area contributed by atoms with Crippen molar-refractivity contribution >= 4 is 34.6 Å². The van der Waals surface area contributed by atoms with Gasteiger partial charge in [0, 0.05) is 12.2 Å². The summed E-state index contributed by atoms with van der Waals surface area (Å²) in [5, 5.41) is 0.710. The summed E-state index contributed by atoms with van der Waals surface area (Å²) < 4.78 is 5.21. The van der Waals surface area contributed by atoms with Crippen LogP contribution in [0.2, 0.25) is 0 Å². The molecule has 1 aromatic carbocycles. The van der Waals surface area contributed by atoms with Gasteiger partial charge in [0.25, 0.3) is 5.91 Å². The minimum absolute atomic E-state index is 0.205. The fraction of sp³-hybridized carbons (Fsp3) is 0.111. The number of benzene rings is 1. The smallest absolute Gasteiger partial charge is 0.286 e. The summed E-state index contributed by atoms with van der Waals surface area (Å²) in [6, 6.07) is 13.6. The molecule has 0 unspecified atom stereocenters. The number of hydrogen-bond donors (Lipinski definition) is 0. The van der Waals surface area contributed by atoms with E-state index in [1.807, 2.05) is 60.4 Å². The summed E-state index contributed by atoms with van der Waals surface area (Å²) in [6.45, 7) is 2.79. The van der Waals surface area contributed by atoms with Crippen LogP contribution in [0.15, 0.2) is 75.2 Å². The second-order valence-corrected chi connectivity index (χ2v) is 5.80. The zero-order valence-corrected chi connectivity index (χ0v) is 13.5. The standard InChI is InChI=1S/C18H16N2O2S/c1-2-20(14-8-4-3-5-9-14)18-19-17(21)16(23-18)12-6-10-15-11-7-13-22-15/h3-13H,2H2,1H3. The van der Waals surface area contributed by atoms with Gasteiger partial charge >= 0.3 is 0 Å². The lowest BCUT2D eigenvalue weighted by Crippen LogP contribution is -2.26. The Bertz CT molecular complexity index is 762. The Balaban J connectivity index is 1.74. The van der Waals surface area contributed by atoms with E-state index >= 15 is 0 Å². The van der Waals surface area contributed by atoms with E-state index in [1.165, 1.54) is 11.8 Å². The fourth-order valence-corrected chi connectivity index (χ4v) is 3.13. The highest BCUT2D eigenvalue weighted by Gasteiger charge is 2.25. The maximum atomic E-state index is 12.1. The average molecular weight is 324 g/mol. The van der Waals surface area contributed by atoms with Crippen LogP contribution in [0.1, 0.15) is 12.7 Å². The van der Waals surface area contributed by atoms with Crippen LogP contribution < -0.4 is 4.90 Å². The third-order valence-corrected chi connectivity index (χ3v) is 4.30. The molecule has 0 N–H and O–H groups in total. The van der Waals surface area contributed by atoms with Gasteiger partial charge in [0.15, 0.2) is 5.17 Å². The van der Waals surface area contributed by atoms with Gasteiger partial charge in [0.1, 0.15) is 5.76 Å². The van der Waals surface area contributed by atoms with Crippen LogP contribution >= 0.6 is 11.8 Å². The topological polar surface area (TPSA) is 45.8 Å². The molecule has 23 heavy (non-hydrogen) atoms. The molecule has 1 aliphatic rings. The number of para-hydroxylation sites is 1. The van der Waals surface area contributed by atoms with Gasteiger partial charge in [0.05, 0.1) is 11.2 Å². The van der Waals surface area contributed by atoms with E-state index in [1.54, 1.807) is 18.4 Å². The van der Waals surface area contributed by atoms with Gasteiger partial charge in [-0.3, -0.25) is 4.79 Å². The molecular weight excluding hydrogens is 308 g/mol. The SMILES string of the molecule is CCN(C1=NC(=O)C(=CC=Cc2ccco2)S1)c1ccccc1. The van der Waals surface area contributed by atoms with Crippen molar-refractivity contribution in [3.05, 3.63) is 71.5 Å². The van der Waals surface area contributed by atoms with Crippen molar-refractivity contribution in [2.24, 2.45) is 4.99 Å². The molecule has 1 aliphatic heterocycles. The Labute approximate surface area is 139 Å². The first kappa shape index (κ1) is 15.4. The molecule has 2 aromatic rings. The Morgan fingerprint density at radius 2 is 2.04 bits per heavy atom. The maximum absolute atomic E-state index is 12.1. The summed E-state index contributed by atoms with van der Waals surface area (Å²) >= 11 is 1.39. The number of carbonyl (C=O) groups is 1. The summed E-state index contributed by atoms with van der Waals surface area (Å²) in [4.78, 5) is 18.9. The van der Waals surface area contributed by atoms with Crippen molar-refractivity contribution in [2.45, 2.75) is 6.92 Å². The van der Waals surface area contributed by atoms with Crippen LogP contribution in [-0.2, 0) is 4.79 Å². The Hall–Kier alpha value is -2.53. The molecule has 1 amide bonds. The largest absolute Gasteiger partial charge is 0.465 e. The Morgan fingerprint density at radius 3 is 2.74 bits per heavy atom. The van der Waals surface area contributed by atoms with Crippen molar-refractivity contribution in [1.82, 2.24) is 0 Å². The van der Waals surface area contributed by atoms with Gasteiger partial charge in [-0.1, -0.05) is 24.3 Å². The summed E-state index contributed by atoms with van der Waals surface area (Å²) in [6.07, 6.45) is 7.00. The van der Waals surface area contributed by atoms with E-state index in [9.17, 15) is 4.79 Å². The minimum Gasteiger partial charge on any atom is -0.465 e. The molecule has 0 radical (unpaired) electrons. The molecule has 0 saturated carbocycles. The third kappa shape index (κ3) is 3.63. The van der Waals surface area contributed by atoms with Crippen LogP contribution in [0.3, 0.4) is 0 Å². The van der Waals surface area contributed by atoms with Crippen molar-refractivity contribution in [3.8, 4) is 0 Å². The van der Waals surface area contributed by atoms with Gasteiger partial charge in [0.2, 0.25) is 0 Å². The summed E-state index contributed by atoms with van der Waals surface area (Å²) in [5.74, 6) is 0.543. The van der Waals surface area contributed by atoms with Gasteiger partial charge in [-0.25, -0.2) is 0 Å². The first-order valence-electron chi connectivity index (χ1n) is 7.33. The molecule has 4 nitrogen and oxygen atoms in total. The van der Waals surface area contributed by atoms with Crippen molar-refractivity contribution in [2.75, 3.05) is 11.4 Å². The molecule has 2 heterocycles. The van der Waals surface area contributed by atoms with Gasteiger partial charge in [-0.2, -0.15) is 4.99 Å². The maximum Gasteiger partial charge on any atom is 0.286 e. The molecule has 0 fully saturated rings. The lowest BCUT2D eigenvalue weighted by molar-refractivity contribution is -0.113. The number of amidine groups is 1. The third-order valence-electron chi connectivity index (χ3n) is 3.28. The van der Waals surface area contributed by atoms with Crippen LogP contribution in [0.5, 0.6) is 0 Å². The minimum atomic E-state index is -0.205. The molecule has 0 aliphatic carbocycles. The number of furan rings is 1. The number of anilines is 1. The van der Waals surface area contributed by atoms with Crippen molar-refractivity contribution in [3.63, 3.8) is 0 Å². The molecule has 3 rings (SSSR count). The average Bonchev–Trinajstić information content (AvgIpc) is 3.20. The van der Waals surface area contributed by atoms with E-state index < -0.39 is 0 Å². The van der Waals surface area contributed by atoms with Crippen molar-refractivity contribution in [1.29, 1.82) is 0 Å². The van der Waals surface area contributed by atoms with Gasteiger partial charge < -0.3 is 9.32 Å². The highest BCUT2D eigenvalue weighted by atomic mass is 32.2. The number of nitrogens with zero attached hydrogens (tertiary/aromatic N) is 2.